The van der Waals surface area contributed by atoms with E-state index in [0.29, 0.717) is 22.2 Å². The lowest BCUT2D eigenvalue weighted by Gasteiger charge is -2.07. The van der Waals surface area contributed by atoms with Crippen molar-refractivity contribution in [2.75, 3.05) is 6.61 Å². The molecule has 24 heavy (non-hydrogen) atoms. The molecular weight excluding hydrogens is 310 g/mol. The number of para-hydroxylation sites is 1. The Balaban J connectivity index is 1.78. The Kier molecular flexibility index (Phi) is 3.95. The summed E-state index contributed by atoms with van der Waals surface area (Å²) < 4.78 is 6.75. The molecule has 0 saturated heterocycles. The summed E-state index contributed by atoms with van der Waals surface area (Å²) in [4.78, 5) is 22.4. The Morgan fingerprint density at radius 3 is 2.58 bits per heavy atom. The van der Waals surface area contributed by atoms with Crippen LogP contribution in [0.15, 0.2) is 54.7 Å². The Bertz CT molecular complexity index is 968. The quantitative estimate of drug-likeness (QED) is 0.543. The van der Waals surface area contributed by atoms with E-state index in [1.54, 1.807) is 24.3 Å². The lowest BCUT2D eigenvalue weighted by atomic mass is 10.2. The lowest BCUT2D eigenvalue weighted by Crippen LogP contribution is -2.18. The number of hydrogen-bond acceptors (Lipinski definition) is 5. The fourth-order valence-electron chi connectivity index (χ4n) is 2.35. The number of ether oxygens (including phenoxy) is 1. The molecule has 0 N–H and O–H groups in total. The van der Waals surface area contributed by atoms with Gasteiger partial charge < -0.3 is 4.74 Å². The average Bonchev–Trinajstić information content (AvgIpc) is 2.99. The lowest BCUT2D eigenvalue weighted by molar-refractivity contribution is -0.384. The zero-order valence-electron chi connectivity index (χ0n) is 12.4. The van der Waals surface area contributed by atoms with Crippen molar-refractivity contribution < 1.29 is 14.5 Å². The molecule has 3 aromatic rings. The molecule has 7 heteroatoms. The van der Waals surface area contributed by atoms with E-state index in [9.17, 15) is 14.9 Å². The molecule has 7 nitrogen and oxygen atoms in total. The van der Waals surface area contributed by atoms with Gasteiger partial charge in [0.25, 0.3) is 11.6 Å². The van der Waals surface area contributed by atoms with Gasteiger partial charge in [-0.05, 0) is 18.2 Å². The maximum atomic E-state index is 12.4. The van der Waals surface area contributed by atoms with E-state index >= 15 is 0 Å². The standard InChI is InChI=1S/C17H11N3O4/c18-9-12-10-19(16-4-2-1-3-15(12)16)17(21)11-24-14-7-5-13(6-8-14)20(22)23/h1-8,10H,11H2. The number of carbonyl (C=O) groups excluding carboxylic acids is 1. The van der Waals surface area contributed by atoms with Gasteiger partial charge in [-0.1, -0.05) is 18.2 Å². The van der Waals surface area contributed by atoms with Crippen LogP contribution in [0.1, 0.15) is 10.4 Å². The van der Waals surface area contributed by atoms with E-state index in [2.05, 4.69) is 6.07 Å². The number of nitrogens with zero attached hydrogens (tertiary/aromatic N) is 3. The van der Waals surface area contributed by atoms with Crippen molar-refractivity contribution in [3.8, 4) is 11.8 Å². The number of hydrogen-bond donors (Lipinski definition) is 0. The van der Waals surface area contributed by atoms with Crippen LogP contribution < -0.4 is 4.74 Å². The predicted octanol–water partition coefficient (Wildman–Crippen LogP) is 3.14. The summed E-state index contributed by atoms with van der Waals surface area (Å²) >= 11 is 0. The smallest absolute Gasteiger partial charge is 0.269 e. The fraction of sp³-hybridized carbons (Fsp3) is 0.0588. The molecule has 0 bridgehead atoms. The van der Waals surface area contributed by atoms with Gasteiger partial charge >= 0.3 is 0 Å². The van der Waals surface area contributed by atoms with Crippen LogP contribution in [0.25, 0.3) is 10.9 Å². The van der Waals surface area contributed by atoms with Gasteiger partial charge in [0.1, 0.15) is 11.8 Å². The van der Waals surface area contributed by atoms with Crippen LogP contribution in [0.4, 0.5) is 5.69 Å². The summed E-state index contributed by atoms with van der Waals surface area (Å²) in [5, 5.41) is 20.4. The maximum absolute atomic E-state index is 12.4. The molecule has 0 aliphatic carbocycles. The van der Waals surface area contributed by atoms with Gasteiger partial charge in [-0.2, -0.15) is 5.26 Å². The molecule has 0 spiro atoms. The Morgan fingerprint density at radius 1 is 1.21 bits per heavy atom. The number of aromatic nitrogens is 1. The third-order valence-electron chi connectivity index (χ3n) is 3.51. The second-order valence-electron chi connectivity index (χ2n) is 4.98. The molecule has 0 fully saturated rings. The van der Waals surface area contributed by atoms with Gasteiger partial charge in [-0.25, -0.2) is 0 Å². The molecule has 0 unspecified atom stereocenters. The van der Waals surface area contributed by atoms with E-state index < -0.39 is 4.92 Å². The predicted molar refractivity (Wildman–Crippen MR) is 85.9 cm³/mol. The van der Waals surface area contributed by atoms with Crippen LogP contribution in [0, 0.1) is 21.4 Å². The number of fused-ring (bicyclic) bond motifs is 1. The van der Waals surface area contributed by atoms with Gasteiger partial charge in [0.2, 0.25) is 0 Å². The van der Waals surface area contributed by atoms with Gasteiger partial charge in [0, 0.05) is 23.7 Å². The minimum atomic E-state index is -0.510. The minimum absolute atomic E-state index is 0.0521. The van der Waals surface area contributed by atoms with Crippen molar-refractivity contribution in [2.24, 2.45) is 0 Å². The number of non-ortho nitro benzene ring substituents is 1. The highest BCUT2D eigenvalue weighted by Gasteiger charge is 2.14. The zero-order chi connectivity index (χ0) is 17.1. The Hall–Kier alpha value is -3.66. The van der Waals surface area contributed by atoms with Crippen LogP contribution in [0.3, 0.4) is 0 Å². The number of nitriles is 1. The molecule has 118 valence electrons. The highest BCUT2D eigenvalue weighted by Crippen LogP contribution is 2.21. The van der Waals surface area contributed by atoms with E-state index in [1.807, 2.05) is 0 Å². The van der Waals surface area contributed by atoms with Crippen molar-refractivity contribution in [3.05, 3.63) is 70.4 Å². The normalized spacial score (nSPS) is 10.3. The molecule has 0 radical (unpaired) electrons. The zero-order valence-corrected chi connectivity index (χ0v) is 12.4. The van der Waals surface area contributed by atoms with Crippen molar-refractivity contribution in [1.29, 1.82) is 5.26 Å². The Labute approximate surface area is 136 Å². The van der Waals surface area contributed by atoms with E-state index in [1.165, 1.54) is 35.0 Å². The van der Waals surface area contributed by atoms with Crippen molar-refractivity contribution in [1.82, 2.24) is 4.57 Å². The summed E-state index contributed by atoms with van der Waals surface area (Å²) in [5.74, 6) is 0.0111. The highest BCUT2D eigenvalue weighted by molar-refractivity contribution is 5.96. The van der Waals surface area contributed by atoms with Gasteiger partial charge in [-0.15, -0.1) is 0 Å². The number of rotatable bonds is 4. The molecule has 1 heterocycles. The largest absolute Gasteiger partial charge is 0.484 e. The van der Waals surface area contributed by atoms with Crippen LogP contribution >= 0.6 is 0 Å². The fourth-order valence-corrected chi connectivity index (χ4v) is 2.35. The maximum Gasteiger partial charge on any atom is 0.269 e. The summed E-state index contributed by atoms with van der Waals surface area (Å²) in [5.41, 5.74) is 0.990. The molecular formula is C17H11N3O4. The molecule has 0 atom stereocenters. The number of nitro benzene ring substituents is 1. The SMILES string of the molecule is N#Cc1cn(C(=O)COc2ccc([N+](=O)[O-])cc2)c2ccccc12. The highest BCUT2D eigenvalue weighted by atomic mass is 16.6. The van der Waals surface area contributed by atoms with Crippen molar-refractivity contribution in [2.45, 2.75) is 0 Å². The van der Waals surface area contributed by atoms with Crippen LogP contribution in [-0.4, -0.2) is 22.0 Å². The van der Waals surface area contributed by atoms with Crippen LogP contribution in [-0.2, 0) is 0 Å². The van der Waals surface area contributed by atoms with Crippen LogP contribution in [0.2, 0.25) is 0 Å². The van der Waals surface area contributed by atoms with E-state index in [0.717, 1.165) is 0 Å². The molecule has 0 aliphatic rings. The molecule has 0 aliphatic heterocycles. The number of nitro groups is 1. The average molecular weight is 321 g/mol. The number of carbonyl (C=O) groups is 1. The van der Waals surface area contributed by atoms with Gasteiger partial charge in [0.15, 0.2) is 6.61 Å². The second kappa shape index (κ2) is 6.22. The first-order valence-corrected chi connectivity index (χ1v) is 7.01. The van der Waals surface area contributed by atoms with Gasteiger partial charge in [0.05, 0.1) is 16.0 Å². The van der Waals surface area contributed by atoms with Gasteiger partial charge in [-0.3, -0.25) is 19.5 Å². The van der Waals surface area contributed by atoms with Crippen molar-refractivity contribution in [3.63, 3.8) is 0 Å². The van der Waals surface area contributed by atoms with E-state index in [4.69, 9.17) is 10.00 Å². The first-order chi connectivity index (χ1) is 11.6. The second-order valence-corrected chi connectivity index (χ2v) is 4.98. The Morgan fingerprint density at radius 2 is 1.92 bits per heavy atom. The third-order valence-corrected chi connectivity index (χ3v) is 3.51. The first-order valence-electron chi connectivity index (χ1n) is 7.01. The van der Waals surface area contributed by atoms with Crippen LogP contribution in [0.5, 0.6) is 5.75 Å². The molecule has 0 saturated carbocycles. The minimum Gasteiger partial charge on any atom is -0.484 e. The number of benzene rings is 2. The molecule has 3 rings (SSSR count). The molecule has 1 aromatic heterocycles. The summed E-state index contributed by atoms with van der Waals surface area (Å²) in [6.45, 7) is -0.249. The monoisotopic (exact) mass is 321 g/mol. The van der Waals surface area contributed by atoms with Crippen molar-refractivity contribution >= 4 is 22.5 Å². The summed E-state index contributed by atoms with van der Waals surface area (Å²) in [6.07, 6.45) is 1.48. The first kappa shape index (κ1) is 15.2. The summed E-state index contributed by atoms with van der Waals surface area (Å²) in [6, 6.07) is 14.6. The molecule has 2 aromatic carbocycles. The topological polar surface area (TPSA) is 98.2 Å². The van der Waals surface area contributed by atoms with E-state index in [-0.39, 0.29) is 18.2 Å². The molecule has 0 amide bonds. The summed E-state index contributed by atoms with van der Waals surface area (Å²) in [7, 11) is 0. The third kappa shape index (κ3) is 2.80.